The molecule has 0 amide bonds. The molecule has 4 rings (SSSR count). The van der Waals surface area contributed by atoms with Gasteiger partial charge >= 0.3 is 0 Å². The normalized spacial score (nSPS) is 22.5. The predicted molar refractivity (Wildman–Crippen MR) is 133 cm³/mol. The van der Waals surface area contributed by atoms with Crippen molar-refractivity contribution >= 4 is 5.78 Å². The Kier molecular flexibility index (Phi) is 9.51. The average Bonchev–Trinajstić information content (AvgIpc) is 2.85. The van der Waals surface area contributed by atoms with E-state index in [4.69, 9.17) is 0 Å². The third-order valence-electron chi connectivity index (χ3n) is 7.82. The molecular formula is C30H41FO. The smallest absolute Gasteiger partial charge is 0.138 e. The van der Waals surface area contributed by atoms with Gasteiger partial charge in [-0.1, -0.05) is 87.9 Å². The molecule has 2 saturated carbocycles. The first-order valence-electron chi connectivity index (χ1n) is 12.8. The third-order valence-corrected chi connectivity index (χ3v) is 7.82. The van der Waals surface area contributed by atoms with Crippen LogP contribution in [0, 0.1) is 36.4 Å². The quantitative estimate of drug-likeness (QED) is 0.457. The number of halogens is 1. The number of aryl methyl sites for hydroxylation is 1. The van der Waals surface area contributed by atoms with E-state index in [1.165, 1.54) is 75.5 Å². The Morgan fingerprint density at radius 3 is 1.84 bits per heavy atom. The first-order valence-corrected chi connectivity index (χ1v) is 12.8. The lowest BCUT2D eigenvalue weighted by Gasteiger charge is -2.36. The van der Waals surface area contributed by atoms with Gasteiger partial charge in [0.25, 0.3) is 0 Å². The van der Waals surface area contributed by atoms with Crippen LogP contribution in [-0.2, 0) is 4.79 Å². The van der Waals surface area contributed by atoms with E-state index < -0.39 is 0 Å². The van der Waals surface area contributed by atoms with Gasteiger partial charge in [0, 0.05) is 11.8 Å². The van der Waals surface area contributed by atoms with Gasteiger partial charge in [0.2, 0.25) is 0 Å². The summed E-state index contributed by atoms with van der Waals surface area (Å²) in [5.74, 6) is 3.01. The van der Waals surface area contributed by atoms with Gasteiger partial charge in [-0.25, -0.2) is 4.39 Å². The van der Waals surface area contributed by atoms with Crippen molar-refractivity contribution in [2.45, 2.75) is 85.0 Å². The fraction of sp³-hybridized carbons (Fsp3) is 0.567. The fourth-order valence-electron chi connectivity index (χ4n) is 5.47. The first-order chi connectivity index (χ1) is 15.5. The highest BCUT2D eigenvalue weighted by Gasteiger charge is 2.32. The summed E-state index contributed by atoms with van der Waals surface area (Å²) in [5, 5.41) is 0. The van der Waals surface area contributed by atoms with Gasteiger partial charge in [0.05, 0.1) is 0 Å². The van der Waals surface area contributed by atoms with E-state index in [1.54, 1.807) is 12.1 Å². The highest BCUT2D eigenvalue weighted by Crippen LogP contribution is 2.40. The Hall–Kier alpha value is -1.96. The number of rotatable bonds is 5. The summed E-state index contributed by atoms with van der Waals surface area (Å²) in [7, 11) is 0. The van der Waals surface area contributed by atoms with E-state index in [0.29, 0.717) is 17.6 Å². The van der Waals surface area contributed by atoms with Crippen LogP contribution in [0.2, 0.25) is 0 Å². The number of carbonyl (C=O) groups excluding carboxylic acids is 1. The molecule has 2 fully saturated rings. The zero-order valence-corrected chi connectivity index (χ0v) is 20.3. The summed E-state index contributed by atoms with van der Waals surface area (Å²) < 4.78 is 12.7. The van der Waals surface area contributed by atoms with Crippen molar-refractivity contribution in [1.82, 2.24) is 0 Å². The lowest BCUT2D eigenvalue weighted by Crippen LogP contribution is -2.29. The molecule has 0 bridgehead atoms. The van der Waals surface area contributed by atoms with Gasteiger partial charge in [-0.05, 0) is 74.1 Å². The zero-order chi connectivity index (χ0) is 22.9. The molecular weight excluding hydrogens is 395 g/mol. The van der Waals surface area contributed by atoms with Gasteiger partial charge in [0.15, 0.2) is 0 Å². The van der Waals surface area contributed by atoms with Crippen LogP contribution in [-0.4, -0.2) is 5.78 Å². The number of ketones is 1. The van der Waals surface area contributed by atoms with Gasteiger partial charge in [-0.15, -0.1) is 0 Å². The second kappa shape index (κ2) is 12.3. The van der Waals surface area contributed by atoms with Gasteiger partial charge in [0.1, 0.15) is 11.6 Å². The predicted octanol–water partition coefficient (Wildman–Crippen LogP) is 8.79. The fourth-order valence-corrected chi connectivity index (χ4v) is 5.47. The Balaban J connectivity index is 0.000000186. The van der Waals surface area contributed by atoms with Crippen LogP contribution in [0.15, 0.2) is 48.5 Å². The van der Waals surface area contributed by atoms with Crippen LogP contribution in [0.1, 0.15) is 83.6 Å². The van der Waals surface area contributed by atoms with E-state index >= 15 is 0 Å². The number of hydrogen-bond acceptors (Lipinski definition) is 1. The monoisotopic (exact) mass is 436 g/mol. The molecule has 32 heavy (non-hydrogen) atoms. The van der Waals surface area contributed by atoms with Crippen LogP contribution < -0.4 is 0 Å². The minimum atomic E-state index is -0.194. The second-order valence-corrected chi connectivity index (χ2v) is 10.1. The molecule has 0 spiro atoms. The maximum atomic E-state index is 12.7. The summed E-state index contributed by atoms with van der Waals surface area (Å²) in [4.78, 5) is 12.2. The minimum Gasteiger partial charge on any atom is -0.299 e. The molecule has 2 aromatic rings. The topological polar surface area (TPSA) is 17.1 Å². The number of hydrogen-bond donors (Lipinski definition) is 0. The molecule has 2 heteroatoms. The Bertz CT molecular complexity index is 765. The molecule has 0 radical (unpaired) electrons. The summed E-state index contributed by atoms with van der Waals surface area (Å²) in [5.41, 5.74) is 3.40. The largest absolute Gasteiger partial charge is 0.299 e. The van der Waals surface area contributed by atoms with Gasteiger partial charge in [-0.3, -0.25) is 4.79 Å². The number of Topliss-reactive ketones (excluding diaryl/α,β-unsaturated/α-hetero) is 1. The molecule has 1 atom stereocenters. The number of benzene rings is 2. The van der Waals surface area contributed by atoms with Gasteiger partial charge < -0.3 is 0 Å². The minimum absolute atomic E-state index is 0.194. The molecule has 0 heterocycles. The van der Waals surface area contributed by atoms with Crippen LogP contribution >= 0.6 is 0 Å². The summed E-state index contributed by atoms with van der Waals surface area (Å²) in [6, 6.07) is 14.7. The molecule has 2 aliphatic rings. The Labute approximate surface area is 194 Å². The average molecular weight is 437 g/mol. The summed E-state index contributed by atoms with van der Waals surface area (Å²) in [6.45, 7) is 6.29. The molecule has 1 unspecified atom stereocenters. The van der Waals surface area contributed by atoms with E-state index in [2.05, 4.69) is 32.9 Å². The molecule has 0 aromatic heterocycles. The van der Waals surface area contributed by atoms with Crippen LogP contribution in [0.25, 0.3) is 11.1 Å². The van der Waals surface area contributed by atoms with Crippen LogP contribution in [0.3, 0.4) is 0 Å². The van der Waals surface area contributed by atoms with Crippen molar-refractivity contribution in [1.29, 1.82) is 0 Å². The highest BCUT2D eigenvalue weighted by molar-refractivity contribution is 5.83. The van der Waals surface area contributed by atoms with Crippen LogP contribution in [0.4, 0.5) is 4.39 Å². The number of carbonyl (C=O) groups is 1. The van der Waals surface area contributed by atoms with E-state index in [1.807, 2.05) is 12.1 Å². The maximum absolute atomic E-state index is 12.7. The van der Waals surface area contributed by atoms with E-state index in [-0.39, 0.29) is 5.82 Å². The SMILES string of the molecule is CCC(C)C(=O)C1CCC(C2CCCCC2)CC1.Cc1ccc(-c2ccc(F)cc2)cc1. The molecule has 0 saturated heterocycles. The molecule has 174 valence electrons. The maximum Gasteiger partial charge on any atom is 0.138 e. The van der Waals surface area contributed by atoms with Crippen molar-refractivity contribution < 1.29 is 9.18 Å². The van der Waals surface area contributed by atoms with Crippen molar-refractivity contribution in [2.75, 3.05) is 0 Å². The van der Waals surface area contributed by atoms with Crippen molar-refractivity contribution in [3.05, 3.63) is 59.9 Å². The summed E-state index contributed by atoms with van der Waals surface area (Å²) in [6.07, 6.45) is 13.3. The third kappa shape index (κ3) is 7.02. The van der Waals surface area contributed by atoms with Crippen molar-refractivity contribution in [2.24, 2.45) is 23.7 Å². The molecule has 0 aliphatic heterocycles. The highest BCUT2D eigenvalue weighted by atomic mass is 19.1. The second-order valence-electron chi connectivity index (χ2n) is 10.1. The Morgan fingerprint density at radius 2 is 1.31 bits per heavy atom. The first kappa shape index (κ1) is 24.7. The Morgan fingerprint density at radius 1 is 0.812 bits per heavy atom. The zero-order valence-electron chi connectivity index (χ0n) is 20.3. The van der Waals surface area contributed by atoms with E-state index in [0.717, 1.165) is 29.4 Å². The molecule has 0 N–H and O–H groups in total. The lowest BCUT2D eigenvalue weighted by molar-refractivity contribution is -0.127. The van der Waals surface area contributed by atoms with Crippen molar-refractivity contribution in [3.63, 3.8) is 0 Å². The van der Waals surface area contributed by atoms with E-state index in [9.17, 15) is 9.18 Å². The molecule has 2 aliphatic carbocycles. The van der Waals surface area contributed by atoms with Crippen LogP contribution in [0.5, 0.6) is 0 Å². The lowest BCUT2D eigenvalue weighted by atomic mass is 9.69. The van der Waals surface area contributed by atoms with Gasteiger partial charge in [-0.2, -0.15) is 0 Å². The molecule has 1 nitrogen and oxygen atoms in total. The standard InChI is InChI=1S/C17H30O.C13H11F/c1-3-13(2)17(18)16-11-9-15(10-12-16)14-7-5-4-6-8-14;1-10-2-4-11(5-3-10)12-6-8-13(14)9-7-12/h13-16H,3-12H2,1-2H3;2-9H,1H3. The summed E-state index contributed by atoms with van der Waals surface area (Å²) >= 11 is 0. The molecule has 2 aromatic carbocycles. The van der Waals surface area contributed by atoms with Crippen molar-refractivity contribution in [3.8, 4) is 11.1 Å².